The minimum atomic E-state index is -0.405. The molecular weight excluding hydrogens is 359 g/mol. The number of benzene rings is 1. The van der Waals surface area contributed by atoms with E-state index in [4.69, 9.17) is 0 Å². The summed E-state index contributed by atoms with van der Waals surface area (Å²) in [5.74, 6) is -0.0668. The molecule has 0 saturated carbocycles. The van der Waals surface area contributed by atoms with Crippen LogP contribution in [-0.4, -0.2) is 18.0 Å². The summed E-state index contributed by atoms with van der Waals surface area (Å²) in [4.78, 5) is 12.0. The summed E-state index contributed by atoms with van der Waals surface area (Å²) < 4.78 is 14.3. The lowest BCUT2D eigenvalue weighted by atomic mass is 9.89. The molecule has 1 amide bonds. The Hall–Kier alpha value is -0.650. The molecule has 6 heteroatoms. The molecule has 2 N–H and O–H groups in total. The maximum atomic E-state index is 13.7. The molecule has 2 aliphatic heterocycles. The number of rotatable bonds is 3. The number of nitrogens with one attached hydrogen (secondary N) is 2. The first kappa shape index (κ1) is 16.7. The highest BCUT2D eigenvalue weighted by Gasteiger charge is 2.34. The van der Waals surface area contributed by atoms with Crippen molar-refractivity contribution in [3.8, 4) is 0 Å². The Balaban J connectivity index is 0.00000161. The summed E-state index contributed by atoms with van der Waals surface area (Å²) in [5, 5.41) is 6.24. The average Bonchev–Trinajstić information content (AvgIpc) is 2.72. The Morgan fingerprint density at radius 3 is 2.62 bits per heavy atom. The Morgan fingerprint density at radius 2 is 2.00 bits per heavy atom. The molecule has 21 heavy (non-hydrogen) atoms. The molecular formula is C15H19BrClFN2O. The standard InChI is InChI=1S/C15H18BrFN2O.ClH/c16-10-1-4-14(13(17)8-10)19-15(20)7-9-5-11-2-3-12(6-9)18-11;/h1,4,8-9,11-12,18H,2-3,5-7H2,(H,19,20);1H. The topological polar surface area (TPSA) is 41.1 Å². The molecule has 2 aliphatic rings. The zero-order valence-corrected chi connectivity index (χ0v) is 14.0. The van der Waals surface area contributed by atoms with Gasteiger partial charge in [-0.15, -0.1) is 12.4 Å². The molecule has 2 unspecified atom stereocenters. The van der Waals surface area contributed by atoms with Gasteiger partial charge >= 0.3 is 0 Å². The van der Waals surface area contributed by atoms with Gasteiger partial charge in [0.05, 0.1) is 5.69 Å². The fraction of sp³-hybridized carbons (Fsp3) is 0.533. The van der Waals surface area contributed by atoms with Crippen LogP contribution < -0.4 is 10.6 Å². The fourth-order valence-corrected chi connectivity index (χ4v) is 3.73. The minimum absolute atomic E-state index is 0. The zero-order chi connectivity index (χ0) is 14.1. The Kier molecular flexibility index (Phi) is 5.63. The fourth-order valence-electron chi connectivity index (χ4n) is 3.40. The number of halogens is 3. The van der Waals surface area contributed by atoms with Crippen LogP contribution in [0, 0.1) is 11.7 Å². The highest BCUT2D eigenvalue weighted by molar-refractivity contribution is 9.10. The van der Waals surface area contributed by atoms with Gasteiger partial charge in [-0.1, -0.05) is 15.9 Å². The molecule has 2 atom stereocenters. The van der Waals surface area contributed by atoms with E-state index in [1.807, 2.05) is 0 Å². The van der Waals surface area contributed by atoms with Gasteiger partial charge < -0.3 is 10.6 Å². The van der Waals surface area contributed by atoms with Gasteiger partial charge in [0.2, 0.25) is 5.91 Å². The van der Waals surface area contributed by atoms with Crippen LogP contribution in [0.1, 0.15) is 32.1 Å². The number of amides is 1. The number of hydrogen-bond acceptors (Lipinski definition) is 2. The van der Waals surface area contributed by atoms with Crippen molar-refractivity contribution in [1.82, 2.24) is 5.32 Å². The lowest BCUT2D eigenvalue weighted by Crippen LogP contribution is -2.39. The second-order valence-corrected chi connectivity index (χ2v) is 6.77. The van der Waals surface area contributed by atoms with Crippen LogP contribution in [0.4, 0.5) is 10.1 Å². The van der Waals surface area contributed by atoms with Crippen molar-refractivity contribution in [2.75, 3.05) is 5.32 Å². The molecule has 2 saturated heterocycles. The Bertz CT molecular complexity index is 516. The van der Waals surface area contributed by atoms with Crippen LogP contribution in [-0.2, 0) is 4.79 Å². The summed E-state index contributed by atoms with van der Waals surface area (Å²) in [6, 6.07) is 5.83. The van der Waals surface area contributed by atoms with Crippen LogP contribution in [0.15, 0.2) is 22.7 Å². The Morgan fingerprint density at radius 1 is 1.33 bits per heavy atom. The molecule has 0 aliphatic carbocycles. The van der Waals surface area contributed by atoms with Gasteiger partial charge in [-0.2, -0.15) is 0 Å². The van der Waals surface area contributed by atoms with E-state index in [-0.39, 0.29) is 24.0 Å². The second-order valence-electron chi connectivity index (χ2n) is 5.85. The summed E-state index contributed by atoms with van der Waals surface area (Å²) in [6.45, 7) is 0. The van der Waals surface area contributed by atoms with E-state index in [1.54, 1.807) is 12.1 Å². The number of carbonyl (C=O) groups excluding carboxylic acids is 1. The van der Waals surface area contributed by atoms with E-state index < -0.39 is 5.82 Å². The van der Waals surface area contributed by atoms with E-state index in [2.05, 4.69) is 26.6 Å². The molecule has 1 aromatic carbocycles. The van der Waals surface area contributed by atoms with Gasteiger partial charge in [-0.25, -0.2) is 4.39 Å². The van der Waals surface area contributed by atoms with Crippen LogP contribution in [0.5, 0.6) is 0 Å². The van der Waals surface area contributed by atoms with Gasteiger partial charge in [0.15, 0.2) is 0 Å². The van der Waals surface area contributed by atoms with Crippen LogP contribution >= 0.6 is 28.3 Å². The van der Waals surface area contributed by atoms with Crippen LogP contribution in [0.25, 0.3) is 0 Å². The zero-order valence-electron chi connectivity index (χ0n) is 11.6. The summed E-state index contributed by atoms with van der Waals surface area (Å²) in [7, 11) is 0. The SMILES string of the molecule is Cl.O=C(CC1CC2CCC(C1)N2)Nc1ccc(Br)cc1F. The van der Waals surface area contributed by atoms with E-state index in [9.17, 15) is 9.18 Å². The molecule has 3 nitrogen and oxygen atoms in total. The largest absolute Gasteiger partial charge is 0.324 e. The van der Waals surface area contributed by atoms with Crippen LogP contribution in [0.2, 0.25) is 0 Å². The third kappa shape index (κ3) is 4.18. The predicted octanol–water partition coefficient (Wildman–Crippen LogP) is 3.87. The second kappa shape index (κ2) is 7.07. The van der Waals surface area contributed by atoms with Crippen molar-refractivity contribution in [3.05, 3.63) is 28.5 Å². The summed E-state index contributed by atoms with van der Waals surface area (Å²) in [5.41, 5.74) is 0.259. The lowest BCUT2D eigenvalue weighted by Gasteiger charge is -2.28. The number of anilines is 1. The Labute approximate surface area is 138 Å². The first-order valence-corrected chi connectivity index (χ1v) is 7.90. The smallest absolute Gasteiger partial charge is 0.224 e. The van der Waals surface area contributed by atoms with Crippen molar-refractivity contribution in [2.45, 2.75) is 44.2 Å². The van der Waals surface area contributed by atoms with Gasteiger partial charge in [-0.3, -0.25) is 4.79 Å². The molecule has 1 aromatic rings. The molecule has 0 radical (unpaired) electrons. The van der Waals surface area contributed by atoms with E-state index in [1.165, 1.54) is 18.9 Å². The van der Waals surface area contributed by atoms with Crippen molar-refractivity contribution >= 4 is 39.9 Å². The van der Waals surface area contributed by atoms with Crippen molar-refractivity contribution < 1.29 is 9.18 Å². The molecule has 0 aromatic heterocycles. The predicted molar refractivity (Wildman–Crippen MR) is 87.3 cm³/mol. The number of fused-ring (bicyclic) bond motifs is 2. The van der Waals surface area contributed by atoms with Crippen molar-refractivity contribution in [3.63, 3.8) is 0 Å². The lowest BCUT2D eigenvalue weighted by molar-refractivity contribution is -0.117. The highest BCUT2D eigenvalue weighted by atomic mass is 79.9. The number of carbonyl (C=O) groups is 1. The maximum absolute atomic E-state index is 13.7. The molecule has 116 valence electrons. The van der Waals surface area contributed by atoms with Gasteiger partial charge in [0.1, 0.15) is 5.82 Å². The molecule has 2 heterocycles. The normalized spacial score (nSPS) is 27.0. The third-order valence-corrected chi connectivity index (χ3v) is 4.74. The quantitative estimate of drug-likeness (QED) is 0.839. The summed E-state index contributed by atoms with van der Waals surface area (Å²) >= 11 is 3.20. The first-order valence-electron chi connectivity index (χ1n) is 7.11. The maximum Gasteiger partial charge on any atom is 0.224 e. The first-order chi connectivity index (χ1) is 9.60. The molecule has 0 spiro atoms. The monoisotopic (exact) mass is 376 g/mol. The van der Waals surface area contributed by atoms with E-state index >= 15 is 0 Å². The van der Waals surface area contributed by atoms with Crippen LogP contribution in [0.3, 0.4) is 0 Å². The average molecular weight is 378 g/mol. The molecule has 2 fully saturated rings. The highest BCUT2D eigenvalue weighted by Crippen LogP contribution is 2.33. The minimum Gasteiger partial charge on any atom is -0.324 e. The number of hydrogen-bond donors (Lipinski definition) is 2. The summed E-state index contributed by atoms with van der Waals surface area (Å²) in [6.07, 6.45) is 5.07. The van der Waals surface area contributed by atoms with Crippen molar-refractivity contribution in [2.24, 2.45) is 5.92 Å². The van der Waals surface area contributed by atoms with E-state index in [0.717, 1.165) is 12.8 Å². The molecule has 2 bridgehead atoms. The van der Waals surface area contributed by atoms with Gasteiger partial charge in [0.25, 0.3) is 0 Å². The van der Waals surface area contributed by atoms with E-state index in [0.29, 0.717) is 28.9 Å². The van der Waals surface area contributed by atoms with Gasteiger partial charge in [-0.05, 0) is 49.8 Å². The third-order valence-electron chi connectivity index (χ3n) is 4.25. The molecule has 3 rings (SSSR count). The van der Waals surface area contributed by atoms with Crippen molar-refractivity contribution in [1.29, 1.82) is 0 Å². The number of piperidine rings is 1. The van der Waals surface area contributed by atoms with Gasteiger partial charge in [0, 0.05) is 23.0 Å².